The third-order valence-electron chi connectivity index (χ3n) is 9.37. The van der Waals surface area contributed by atoms with E-state index in [4.69, 9.17) is 9.47 Å². The average Bonchev–Trinajstić information content (AvgIpc) is 3.77. The Kier molecular flexibility index (Phi) is 12.6. The number of isocyanates is 2. The van der Waals surface area contributed by atoms with Gasteiger partial charge < -0.3 is 20.1 Å². The van der Waals surface area contributed by atoms with Crippen LogP contribution in [0, 0.1) is 0 Å². The number of anilines is 4. The van der Waals surface area contributed by atoms with E-state index in [1.54, 1.807) is 36.4 Å². The normalized spacial score (nSPS) is 11.2. The second-order valence-corrected chi connectivity index (χ2v) is 13.4. The van der Waals surface area contributed by atoms with Crippen molar-refractivity contribution in [2.45, 2.75) is 25.7 Å². The third kappa shape index (κ3) is 10.2. The molecular weight excluding hydrogens is 773 g/mol. The molecule has 2 aliphatic rings. The first-order chi connectivity index (χ1) is 29.2. The zero-order valence-corrected chi connectivity index (χ0v) is 31.8. The Labute approximate surface area is 341 Å². The molecule has 5 aromatic rings. The van der Waals surface area contributed by atoms with Gasteiger partial charge in [-0.25, -0.2) is 33.8 Å². The topological polar surface area (TPSA) is 244 Å². The SMILES string of the molecule is O=C=Nc1ccc2c(c1)Cc1cc(NC(=O)OCCCNC(=O)Nc3ccnc(NC(=O)NCCCOC(=O)Nc4ccc5c(c4)Cc4cc(N=C=O)ccc4-5)n3)ccc1-2. The lowest BCUT2D eigenvalue weighted by atomic mass is 10.1. The van der Waals surface area contributed by atoms with E-state index in [9.17, 15) is 28.8 Å². The summed E-state index contributed by atoms with van der Waals surface area (Å²) in [5, 5.41) is 15.7. The summed E-state index contributed by atoms with van der Waals surface area (Å²) in [6, 6.07) is 22.4. The van der Waals surface area contributed by atoms with Gasteiger partial charge >= 0.3 is 24.2 Å². The van der Waals surface area contributed by atoms with Gasteiger partial charge in [0, 0.05) is 30.7 Å². The Morgan fingerprint density at radius 1 is 0.583 bits per heavy atom. The second kappa shape index (κ2) is 18.8. The number of nitrogens with zero attached hydrogens (tertiary/aromatic N) is 4. The lowest BCUT2D eigenvalue weighted by molar-refractivity contribution is 0.159. The van der Waals surface area contributed by atoms with Crippen molar-refractivity contribution in [2.24, 2.45) is 9.98 Å². The van der Waals surface area contributed by atoms with E-state index < -0.39 is 24.2 Å². The summed E-state index contributed by atoms with van der Waals surface area (Å²) in [7, 11) is 0. The second-order valence-electron chi connectivity index (χ2n) is 13.4. The van der Waals surface area contributed by atoms with Crippen LogP contribution in [0.1, 0.15) is 35.1 Å². The molecule has 18 heteroatoms. The molecule has 4 aromatic carbocycles. The van der Waals surface area contributed by atoms with Crippen LogP contribution in [-0.2, 0) is 31.9 Å². The maximum atomic E-state index is 12.4. The highest BCUT2D eigenvalue weighted by molar-refractivity contribution is 5.91. The highest BCUT2D eigenvalue weighted by atomic mass is 16.6. The van der Waals surface area contributed by atoms with Crippen LogP contribution in [0.25, 0.3) is 22.3 Å². The molecule has 0 bridgehead atoms. The van der Waals surface area contributed by atoms with Crippen molar-refractivity contribution >= 4 is 70.9 Å². The molecule has 0 fully saturated rings. The van der Waals surface area contributed by atoms with Crippen LogP contribution in [0.15, 0.2) is 95.0 Å². The van der Waals surface area contributed by atoms with Crippen LogP contribution in [-0.4, -0.2) is 72.7 Å². The van der Waals surface area contributed by atoms with E-state index in [1.807, 2.05) is 48.5 Å². The van der Waals surface area contributed by atoms with Crippen molar-refractivity contribution < 1.29 is 38.2 Å². The van der Waals surface area contributed by atoms with Crippen molar-refractivity contribution in [3.8, 4) is 22.3 Å². The molecule has 6 N–H and O–H groups in total. The molecule has 18 nitrogen and oxygen atoms in total. The fourth-order valence-corrected chi connectivity index (χ4v) is 6.77. The van der Waals surface area contributed by atoms with Crippen LogP contribution in [0.2, 0.25) is 0 Å². The number of fused-ring (bicyclic) bond motifs is 6. The van der Waals surface area contributed by atoms with E-state index in [2.05, 4.69) is 51.9 Å². The number of ether oxygens (including phenoxy) is 2. The molecule has 302 valence electrons. The number of hydrogen-bond donors (Lipinski definition) is 6. The number of rotatable bonds is 14. The first-order valence-corrected chi connectivity index (χ1v) is 18.7. The van der Waals surface area contributed by atoms with E-state index in [0.717, 1.165) is 44.5 Å². The van der Waals surface area contributed by atoms with Gasteiger partial charge in [0.1, 0.15) is 5.82 Å². The van der Waals surface area contributed by atoms with Gasteiger partial charge in [0.05, 0.1) is 24.6 Å². The largest absolute Gasteiger partial charge is 0.449 e. The number of nitrogens with one attached hydrogen (secondary N) is 6. The fourth-order valence-electron chi connectivity index (χ4n) is 6.77. The molecular formula is C42H36N10O8. The molecule has 0 spiro atoms. The molecule has 2 aliphatic carbocycles. The molecule has 1 heterocycles. The summed E-state index contributed by atoms with van der Waals surface area (Å²) in [5.41, 5.74) is 10.5. The Morgan fingerprint density at radius 3 is 1.55 bits per heavy atom. The Balaban J connectivity index is 0.741. The van der Waals surface area contributed by atoms with Crippen LogP contribution in [0.3, 0.4) is 0 Å². The van der Waals surface area contributed by atoms with Gasteiger partial charge in [0.15, 0.2) is 0 Å². The number of aromatic nitrogens is 2. The summed E-state index contributed by atoms with van der Waals surface area (Å²) < 4.78 is 10.5. The smallest absolute Gasteiger partial charge is 0.411 e. The number of carbonyl (C=O) groups excluding carboxylic acids is 6. The zero-order chi connectivity index (χ0) is 41.8. The monoisotopic (exact) mass is 808 g/mol. The van der Waals surface area contributed by atoms with Gasteiger partial charge in [-0.2, -0.15) is 15.0 Å². The van der Waals surface area contributed by atoms with E-state index in [0.29, 0.717) is 48.4 Å². The summed E-state index contributed by atoms with van der Waals surface area (Å²) in [6.45, 7) is 0.473. The van der Waals surface area contributed by atoms with Gasteiger partial charge in [-0.05, 0) is 125 Å². The lowest BCUT2D eigenvalue weighted by Gasteiger charge is -2.10. The molecule has 0 unspecified atom stereocenters. The van der Waals surface area contributed by atoms with Crippen LogP contribution >= 0.6 is 0 Å². The number of aliphatic imine (C=N–C) groups is 2. The molecule has 0 saturated heterocycles. The summed E-state index contributed by atoms with van der Waals surface area (Å²) in [5.74, 6) is 0.0746. The van der Waals surface area contributed by atoms with Crippen molar-refractivity contribution in [2.75, 3.05) is 47.6 Å². The van der Waals surface area contributed by atoms with Gasteiger partial charge in [-0.15, -0.1) is 0 Å². The number of carbonyl (C=O) groups is 4. The predicted molar refractivity (Wildman–Crippen MR) is 220 cm³/mol. The Morgan fingerprint density at radius 2 is 1.05 bits per heavy atom. The van der Waals surface area contributed by atoms with Gasteiger partial charge in [0.2, 0.25) is 18.1 Å². The van der Waals surface area contributed by atoms with Crippen molar-refractivity contribution in [1.29, 1.82) is 0 Å². The molecule has 0 atom stereocenters. The minimum atomic E-state index is -0.639. The van der Waals surface area contributed by atoms with Crippen LogP contribution < -0.4 is 31.9 Å². The molecule has 0 aliphatic heterocycles. The maximum Gasteiger partial charge on any atom is 0.411 e. The minimum absolute atomic E-state index is 0.0435. The number of benzene rings is 4. The van der Waals surface area contributed by atoms with Crippen LogP contribution in [0.5, 0.6) is 0 Å². The van der Waals surface area contributed by atoms with Crippen LogP contribution in [0.4, 0.5) is 53.7 Å². The predicted octanol–water partition coefficient (Wildman–Crippen LogP) is 7.07. The molecule has 60 heavy (non-hydrogen) atoms. The Bertz CT molecular complexity index is 2410. The molecule has 1 aromatic heterocycles. The lowest BCUT2D eigenvalue weighted by Crippen LogP contribution is -2.32. The van der Waals surface area contributed by atoms with Crippen molar-refractivity contribution in [1.82, 2.24) is 20.6 Å². The molecule has 6 amide bonds. The molecule has 7 rings (SSSR count). The third-order valence-corrected chi connectivity index (χ3v) is 9.37. The van der Waals surface area contributed by atoms with Gasteiger partial charge in [-0.3, -0.25) is 21.3 Å². The van der Waals surface area contributed by atoms with E-state index >= 15 is 0 Å². The molecule has 0 radical (unpaired) electrons. The van der Waals surface area contributed by atoms with Gasteiger partial charge in [-0.1, -0.05) is 24.3 Å². The molecule has 0 saturated carbocycles. The number of amides is 6. The van der Waals surface area contributed by atoms with E-state index in [1.165, 1.54) is 12.3 Å². The number of urea groups is 2. The summed E-state index contributed by atoms with van der Waals surface area (Å²) >= 11 is 0. The quantitative estimate of drug-likeness (QED) is 0.0371. The highest BCUT2D eigenvalue weighted by Crippen LogP contribution is 2.40. The van der Waals surface area contributed by atoms with E-state index in [-0.39, 0.29) is 38.1 Å². The standard InChI is InChI=1S/C42H36N10O8/c53-23-46-29-3-7-33-25(19-29)17-27-21-31(5-9-35(27)33)48-41(57)59-15-1-12-44-39(55)51-37-11-14-43-38(50-37)52-40(56)45-13-2-16-60-42(58)49-32-6-10-36-28(22-32)18-26-20-30(47-24-54)4-8-34(26)36/h3-11,14,19-22H,1-2,12-13,15-18H2,(H,48,57)(H,49,58)(H4,43,44,45,50,51,52,55,56). The van der Waals surface area contributed by atoms with Gasteiger partial charge in [0.25, 0.3) is 0 Å². The Hall–Kier alpha value is -8.20. The average molecular weight is 809 g/mol. The zero-order valence-electron chi connectivity index (χ0n) is 31.8. The van der Waals surface area contributed by atoms with Crippen molar-refractivity contribution in [3.63, 3.8) is 0 Å². The fraction of sp³-hybridized carbons (Fsp3) is 0.190. The summed E-state index contributed by atoms with van der Waals surface area (Å²) in [6.07, 6.45) is 5.12. The van der Waals surface area contributed by atoms with Crippen molar-refractivity contribution in [3.05, 3.63) is 107 Å². The first kappa shape index (κ1) is 40.0. The summed E-state index contributed by atoms with van der Waals surface area (Å²) in [4.78, 5) is 86.2. The first-order valence-electron chi connectivity index (χ1n) is 18.7. The maximum absolute atomic E-state index is 12.4. The number of hydrogen-bond acceptors (Lipinski definition) is 12. The minimum Gasteiger partial charge on any atom is -0.449 e. The highest BCUT2D eigenvalue weighted by Gasteiger charge is 2.21.